The second kappa shape index (κ2) is 14.1. The Morgan fingerprint density at radius 2 is 1.48 bits per heavy atom. The summed E-state index contributed by atoms with van der Waals surface area (Å²) >= 11 is 0. The summed E-state index contributed by atoms with van der Waals surface area (Å²) in [6.07, 6.45) is 1.17. The molecule has 5 heterocycles. The molecule has 0 aliphatic carbocycles. The number of H-pyrrole nitrogens is 2. The second-order valence-electron chi connectivity index (χ2n) is 12.4. The fourth-order valence-corrected chi connectivity index (χ4v) is 6.95. The number of methoxy groups -OCH3 is 3. The number of allylic oxidation sites excluding steroid dienone is 1. The van der Waals surface area contributed by atoms with Crippen LogP contribution in [0.25, 0.3) is 33.2 Å². The van der Waals surface area contributed by atoms with E-state index < -0.39 is 11.9 Å². The summed E-state index contributed by atoms with van der Waals surface area (Å²) < 4.78 is 15.4. The molecule has 0 saturated heterocycles. The normalized spacial score (nSPS) is 15.9. The first-order valence-electron chi connectivity index (χ1n) is 16.3. The van der Waals surface area contributed by atoms with E-state index in [9.17, 15) is 14.4 Å². The molecule has 11 heteroatoms. The number of fused-ring (bicyclic) bond motifs is 8. The van der Waals surface area contributed by atoms with Crippen LogP contribution in [-0.4, -0.2) is 66.2 Å². The number of aromatic amines is 2. The highest BCUT2D eigenvalue weighted by Gasteiger charge is 2.36. The molecule has 0 amide bonds. The second-order valence-corrected chi connectivity index (χ2v) is 12.4. The van der Waals surface area contributed by atoms with Gasteiger partial charge in [0.1, 0.15) is 0 Å². The number of esters is 3. The van der Waals surface area contributed by atoms with E-state index in [4.69, 9.17) is 24.2 Å². The molecule has 2 atom stereocenters. The number of aryl methyl sites for hydroxylation is 3. The zero-order chi connectivity index (χ0) is 34.9. The Morgan fingerprint density at radius 1 is 0.833 bits per heavy atom. The van der Waals surface area contributed by atoms with E-state index >= 15 is 0 Å². The highest BCUT2D eigenvalue weighted by Crippen LogP contribution is 2.44. The number of aromatic nitrogens is 4. The maximum atomic E-state index is 13.4. The van der Waals surface area contributed by atoms with Crippen LogP contribution in [0.3, 0.4) is 0 Å². The van der Waals surface area contributed by atoms with Crippen LogP contribution in [0.1, 0.15) is 96.0 Å². The quantitative estimate of drug-likeness (QED) is 0.190. The molecule has 3 aromatic heterocycles. The van der Waals surface area contributed by atoms with Gasteiger partial charge in [0.25, 0.3) is 0 Å². The van der Waals surface area contributed by atoms with Gasteiger partial charge in [-0.05, 0) is 86.7 Å². The van der Waals surface area contributed by atoms with Gasteiger partial charge in [0.2, 0.25) is 0 Å². The lowest BCUT2D eigenvalue weighted by molar-refractivity contribution is -0.141. The van der Waals surface area contributed by atoms with E-state index in [2.05, 4.69) is 49.0 Å². The molecular formula is C37H45N5O6. The van der Waals surface area contributed by atoms with E-state index in [1.165, 1.54) is 21.3 Å². The van der Waals surface area contributed by atoms with Gasteiger partial charge in [0.15, 0.2) is 0 Å². The first kappa shape index (κ1) is 34.6. The summed E-state index contributed by atoms with van der Waals surface area (Å²) in [5, 5.41) is 3.31. The first-order valence-corrected chi connectivity index (χ1v) is 16.3. The van der Waals surface area contributed by atoms with Crippen LogP contribution in [0.4, 0.5) is 0 Å². The molecule has 0 aromatic carbocycles. The minimum Gasteiger partial charge on any atom is -0.469 e. The molecule has 0 fully saturated rings. The van der Waals surface area contributed by atoms with Gasteiger partial charge in [-0.1, -0.05) is 13.8 Å². The highest BCUT2D eigenvalue weighted by molar-refractivity contribution is 6.25. The van der Waals surface area contributed by atoms with E-state index in [-0.39, 0.29) is 36.2 Å². The average Bonchev–Trinajstić information content (AvgIpc) is 3.75. The van der Waals surface area contributed by atoms with Gasteiger partial charge in [-0.3, -0.25) is 14.6 Å². The van der Waals surface area contributed by atoms with Crippen molar-refractivity contribution < 1.29 is 28.6 Å². The average molecular weight is 656 g/mol. The fraction of sp³-hybridized carbons (Fsp3) is 0.432. The standard InChI is InChI=1S/C37H45N5O6/c1-10-22-18(2)27-15-31-25(17-38-6)20(4)26(40-31)14-28-19(3)23(11-12-32(43)46-7)35(41-28)24(13-33(44)47-8)36-34(37(45)48-9)21(5)29(42-36)16-30(22)39-27/h14-16,19,23,38-40H,10-13,17H2,1-9H3/t19-,23-/m0/s1. The maximum Gasteiger partial charge on any atom is 0.340 e. The van der Waals surface area contributed by atoms with Crippen molar-refractivity contribution in [2.75, 3.05) is 28.4 Å². The Bertz CT molecular complexity index is 1990. The van der Waals surface area contributed by atoms with Crippen molar-refractivity contribution in [2.24, 2.45) is 0 Å². The van der Waals surface area contributed by atoms with Gasteiger partial charge in [0.05, 0.1) is 50.4 Å². The molecule has 5 rings (SSSR count). The topological polar surface area (TPSA) is 148 Å². The third kappa shape index (κ3) is 6.26. The molecule has 0 unspecified atom stereocenters. The largest absolute Gasteiger partial charge is 0.469 e. The number of carbonyl (C=O) groups excluding carboxylic acids is 3. The molecule has 8 bridgehead atoms. The Kier molecular flexibility index (Phi) is 10.2. The Balaban J connectivity index is 2.01. The smallest absolute Gasteiger partial charge is 0.340 e. The number of hydrogen-bond donors (Lipinski definition) is 3. The first-order chi connectivity index (χ1) is 23.0. The number of carbonyl (C=O) groups is 3. The van der Waals surface area contributed by atoms with E-state index in [0.717, 1.165) is 56.4 Å². The molecule has 2 aliphatic rings. The SMILES string of the molecule is CCc1c(C)c2cc3[nH]c(cc4nc(c(CC(=O)OC)c5nc(cc1[nH]2)C(C)=C5C(=O)OC)[C@@H](CCC(=O)OC)[C@@H]4C)c(C)c3CNC. The third-order valence-corrected chi connectivity index (χ3v) is 9.79. The Labute approximate surface area is 280 Å². The van der Waals surface area contributed by atoms with Crippen LogP contribution in [0, 0.1) is 13.8 Å². The number of rotatable bonds is 9. The van der Waals surface area contributed by atoms with Crippen LogP contribution in [0.2, 0.25) is 0 Å². The number of hydrogen-bond acceptors (Lipinski definition) is 9. The van der Waals surface area contributed by atoms with Gasteiger partial charge >= 0.3 is 17.9 Å². The highest BCUT2D eigenvalue weighted by atomic mass is 16.5. The number of ether oxygens (including phenoxy) is 3. The predicted octanol–water partition coefficient (Wildman–Crippen LogP) is 5.87. The molecule has 0 saturated carbocycles. The molecule has 2 aliphatic heterocycles. The van der Waals surface area contributed by atoms with Crippen molar-refractivity contribution in [1.29, 1.82) is 0 Å². The van der Waals surface area contributed by atoms with Crippen molar-refractivity contribution in [3.63, 3.8) is 0 Å². The molecule has 3 aromatic rings. The summed E-state index contributed by atoms with van der Waals surface area (Å²) in [6, 6.07) is 6.14. The molecule has 3 N–H and O–H groups in total. The Morgan fingerprint density at radius 3 is 2.10 bits per heavy atom. The summed E-state index contributed by atoms with van der Waals surface area (Å²) in [6.45, 7) is 10.9. The lowest BCUT2D eigenvalue weighted by atomic mass is 9.84. The van der Waals surface area contributed by atoms with Gasteiger partial charge in [-0.15, -0.1) is 0 Å². The fourth-order valence-electron chi connectivity index (χ4n) is 6.95. The summed E-state index contributed by atoms with van der Waals surface area (Å²) in [7, 11) is 5.94. The summed E-state index contributed by atoms with van der Waals surface area (Å²) in [4.78, 5) is 56.3. The molecular weight excluding hydrogens is 610 g/mol. The summed E-state index contributed by atoms with van der Waals surface area (Å²) in [5.41, 5.74) is 11.8. The van der Waals surface area contributed by atoms with Crippen molar-refractivity contribution in [2.45, 2.75) is 78.7 Å². The van der Waals surface area contributed by atoms with Crippen molar-refractivity contribution >= 4 is 51.1 Å². The monoisotopic (exact) mass is 655 g/mol. The third-order valence-electron chi connectivity index (χ3n) is 9.79. The molecule has 48 heavy (non-hydrogen) atoms. The summed E-state index contributed by atoms with van der Waals surface area (Å²) in [5.74, 6) is -1.83. The van der Waals surface area contributed by atoms with Gasteiger partial charge in [-0.25, -0.2) is 9.78 Å². The van der Waals surface area contributed by atoms with E-state index in [0.29, 0.717) is 41.2 Å². The number of nitrogens with zero attached hydrogens (tertiary/aromatic N) is 2. The van der Waals surface area contributed by atoms with Crippen molar-refractivity contribution in [3.8, 4) is 0 Å². The maximum absolute atomic E-state index is 13.4. The van der Waals surface area contributed by atoms with Crippen molar-refractivity contribution in [1.82, 2.24) is 25.3 Å². The lowest BCUT2D eigenvalue weighted by Gasteiger charge is -2.18. The molecule has 254 valence electrons. The van der Waals surface area contributed by atoms with Gasteiger partial charge < -0.3 is 29.5 Å². The van der Waals surface area contributed by atoms with Gasteiger partial charge in [-0.2, -0.15) is 0 Å². The zero-order valence-electron chi connectivity index (χ0n) is 29.3. The predicted molar refractivity (Wildman–Crippen MR) is 185 cm³/mol. The molecule has 0 spiro atoms. The molecule has 0 radical (unpaired) electrons. The molecule has 11 nitrogen and oxygen atoms in total. The van der Waals surface area contributed by atoms with Crippen LogP contribution in [-0.2, 0) is 48.0 Å². The van der Waals surface area contributed by atoms with Crippen LogP contribution in [0.5, 0.6) is 0 Å². The van der Waals surface area contributed by atoms with Gasteiger partial charge in [0, 0.05) is 58.1 Å². The van der Waals surface area contributed by atoms with Crippen LogP contribution >= 0.6 is 0 Å². The van der Waals surface area contributed by atoms with E-state index in [1.54, 1.807) is 0 Å². The van der Waals surface area contributed by atoms with E-state index in [1.807, 2.05) is 26.1 Å². The van der Waals surface area contributed by atoms with Crippen molar-refractivity contribution in [3.05, 3.63) is 68.8 Å². The van der Waals surface area contributed by atoms with Crippen LogP contribution < -0.4 is 5.32 Å². The number of nitrogens with one attached hydrogen (secondary N) is 3. The minimum absolute atomic E-state index is 0.139. The Hall–Kier alpha value is -4.77. The lowest BCUT2D eigenvalue weighted by Crippen LogP contribution is -2.15. The zero-order valence-corrected chi connectivity index (χ0v) is 29.3. The van der Waals surface area contributed by atoms with Crippen LogP contribution in [0.15, 0.2) is 18.2 Å². The minimum atomic E-state index is -0.567.